The second-order valence-electron chi connectivity index (χ2n) is 7.17. The Morgan fingerprint density at radius 3 is 2.66 bits per heavy atom. The second kappa shape index (κ2) is 8.79. The van der Waals surface area contributed by atoms with Crippen molar-refractivity contribution in [3.05, 3.63) is 66.6 Å². The maximum Gasteiger partial charge on any atom is 0.238 e. The molecular weight excluding hydrogens is 364 g/mol. The Balaban J connectivity index is 1.34. The molecule has 29 heavy (non-hydrogen) atoms. The van der Waals surface area contributed by atoms with E-state index >= 15 is 0 Å². The lowest BCUT2D eigenvalue weighted by atomic mass is 10.0. The zero-order valence-electron chi connectivity index (χ0n) is 16.5. The van der Waals surface area contributed by atoms with Gasteiger partial charge in [-0.3, -0.25) is 14.7 Å². The van der Waals surface area contributed by atoms with Gasteiger partial charge < -0.3 is 10.2 Å². The summed E-state index contributed by atoms with van der Waals surface area (Å²) in [7, 11) is 0. The highest BCUT2D eigenvalue weighted by Gasteiger charge is 2.20. The van der Waals surface area contributed by atoms with Crippen LogP contribution >= 0.6 is 0 Å². The first-order valence-electron chi connectivity index (χ1n) is 9.75. The molecule has 1 aromatic carbocycles. The highest BCUT2D eigenvalue weighted by atomic mass is 16.2. The summed E-state index contributed by atoms with van der Waals surface area (Å²) in [5.41, 5.74) is 4.19. The van der Waals surface area contributed by atoms with E-state index in [1.807, 2.05) is 24.4 Å². The van der Waals surface area contributed by atoms with Gasteiger partial charge in [0, 0.05) is 37.9 Å². The van der Waals surface area contributed by atoms with Crippen LogP contribution in [0.2, 0.25) is 0 Å². The maximum absolute atomic E-state index is 12.2. The van der Waals surface area contributed by atoms with Crippen molar-refractivity contribution in [3.8, 4) is 11.1 Å². The van der Waals surface area contributed by atoms with Crippen molar-refractivity contribution in [2.24, 2.45) is 0 Å². The van der Waals surface area contributed by atoms with Crippen LogP contribution in [0, 0.1) is 6.92 Å². The summed E-state index contributed by atoms with van der Waals surface area (Å²) in [5, 5.41) is 11.4. The van der Waals surface area contributed by atoms with Gasteiger partial charge in [-0.25, -0.2) is 0 Å². The van der Waals surface area contributed by atoms with E-state index in [1.165, 1.54) is 11.1 Å². The highest BCUT2D eigenvalue weighted by molar-refractivity contribution is 5.92. The van der Waals surface area contributed by atoms with Gasteiger partial charge in [0.1, 0.15) is 0 Å². The molecule has 7 heteroatoms. The van der Waals surface area contributed by atoms with E-state index < -0.39 is 0 Å². The minimum atomic E-state index is -0.0206. The molecule has 0 spiro atoms. The molecule has 0 atom stereocenters. The van der Waals surface area contributed by atoms with E-state index in [-0.39, 0.29) is 5.91 Å². The number of hydrogen-bond donors (Lipinski definition) is 1. The van der Waals surface area contributed by atoms with Gasteiger partial charge in [-0.15, -0.1) is 5.10 Å². The van der Waals surface area contributed by atoms with Crippen LogP contribution in [0.5, 0.6) is 0 Å². The van der Waals surface area contributed by atoms with Gasteiger partial charge in [0.25, 0.3) is 0 Å². The Bertz CT molecular complexity index is 970. The van der Waals surface area contributed by atoms with Crippen molar-refractivity contribution in [1.29, 1.82) is 0 Å². The van der Waals surface area contributed by atoms with Crippen LogP contribution in [0.3, 0.4) is 0 Å². The van der Waals surface area contributed by atoms with Gasteiger partial charge in [0.2, 0.25) is 5.91 Å². The first-order chi connectivity index (χ1) is 14.2. The lowest BCUT2D eigenvalue weighted by Crippen LogP contribution is -2.49. The number of pyridine rings is 1. The number of rotatable bonds is 5. The summed E-state index contributed by atoms with van der Waals surface area (Å²) in [6, 6.07) is 14.0. The van der Waals surface area contributed by atoms with Crippen molar-refractivity contribution in [1.82, 2.24) is 20.1 Å². The quantitative estimate of drug-likeness (QED) is 0.724. The molecule has 0 radical (unpaired) electrons. The summed E-state index contributed by atoms with van der Waals surface area (Å²) in [6.45, 7) is 5.70. The Morgan fingerprint density at radius 1 is 1.07 bits per heavy atom. The number of benzene rings is 1. The number of nitrogens with one attached hydrogen (secondary N) is 1. The number of amides is 1. The SMILES string of the molecule is Cc1ccccc1-c1cnnc(N2CCN(CC(=O)Nc3cccnc3)CC2)c1. The number of aryl methyl sites for hydroxylation is 1. The monoisotopic (exact) mass is 388 g/mol. The molecule has 1 fully saturated rings. The molecule has 3 heterocycles. The predicted molar refractivity (Wildman–Crippen MR) is 114 cm³/mol. The molecule has 148 valence electrons. The van der Waals surface area contributed by atoms with E-state index in [4.69, 9.17) is 0 Å². The van der Waals surface area contributed by atoms with Gasteiger partial charge >= 0.3 is 0 Å². The van der Waals surface area contributed by atoms with Crippen LogP contribution in [-0.2, 0) is 4.79 Å². The van der Waals surface area contributed by atoms with E-state index in [0.717, 1.165) is 43.2 Å². The average molecular weight is 388 g/mol. The van der Waals surface area contributed by atoms with Crippen molar-refractivity contribution < 1.29 is 4.79 Å². The van der Waals surface area contributed by atoms with Gasteiger partial charge in [-0.1, -0.05) is 24.3 Å². The van der Waals surface area contributed by atoms with E-state index in [9.17, 15) is 4.79 Å². The van der Waals surface area contributed by atoms with Crippen LogP contribution in [0.15, 0.2) is 61.1 Å². The molecule has 1 aliphatic heterocycles. The highest BCUT2D eigenvalue weighted by Crippen LogP contribution is 2.25. The number of carbonyl (C=O) groups excluding carboxylic acids is 1. The number of aromatic nitrogens is 3. The number of nitrogens with zero attached hydrogens (tertiary/aromatic N) is 5. The van der Waals surface area contributed by atoms with E-state index in [0.29, 0.717) is 6.54 Å². The van der Waals surface area contributed by atoms with Gasteiger partial charge in [0.05, 0.1) is 24.6 Å². The van der Waals surface area contributed by atoms with Gasteiger partial charge in [0.15, 0.2) is 5.82 Å². The van der Waals surface area contributed by atoms with Crippen molar-refractivity contribution in [3.63, 3.8) is 0 Å². The number of piperazine rings is 1. The van der Waals surface area contributed by atoms with E-state index in [2.05, 4.69) is 55.4 Å². The molecule has 0 bridgehead atoms. The molecular formula is C22H24N6O. The molecule has 4 rings (SSSR count). The fourth-order valence-corrected chi connectivity index (χ4v) is 3.53. The molecule has 1 saturated heterocycles. The standard InChI is InChI=1S/C22H24N6O/c1-17-5-2-3-7-20(17)18-13-21(26-24-14-18)28-11-9-27(10-12-28)16-22(29)25-19-6-4-8-23-15-19/h2-8,13-15H,9-12,16H2,1H3,(H,25,29). The zero-order valence-corrected chi connectivity index (χ0v) is 16.5. The van der Waals surface area contributed by atoms with E-state index in [1.54, 1.807) is 18.5 Å². The van der Waals surface area contributed by atoms with Crippen molar-refractivity contribution >= 4 is 17.4 Å². The molecule has 1 aliphatic rings. The minimum Gasteiger partial charge on any atom is -0.353 e. The van der Waals surface area contributed by atoms with Crippen LogP contribution in [0.25, 0.3) is 11.1 Å². The molecule has 1 amide bonds. The lowest BCUT2D eigenvalue weighted by Gasteiger charge is -2.34. The Kier molecular flexibility index (Phi) is 5.76. The maximum atomic E-state index is 12.2. The average Bonchev–Trinajstić information content (AvgIpc) is 2.75. The predicted octanol–water partition coefficient (Wildman–Crippen LogP) is 2.61. The lowest BCUT2D eigenvalue weighted by molar-refractivity contribution is -0.117. The summed E-state index contributed by atoms with van der Waals surface area (Å²) in [6.07, 6.45) is 5.15. The van der Waals surface area contributed by atoms with Crippen LogP contribution in [-0.4, -0.2) is 58.7 Å². The van der Waals surface area contributed by atoms with Crippen LogP contribution in [0.1, 0.15) is 5.56 Å². The summed E-state index contributed by atoms with van der Waals surface area (Å²) in [5.74, 6) is 0.859. The summed E-state index contributed by atoms with van der Waals surface area (Å²) >= 11 is 0. The molecule has 7 nitrogen and oxygen atoms in total. The second-order valence-corrected chi connectivity index (χ2v) is 7.17. The first kappa shape index (κ1) is 19.0. The summed E-state index contributed by atoms with van der Waals surface area (Å²) in [4.78, 5) is 20.6. The van der Waals surface area contributed by atoms with Crippen LogP contribution < -0.4 is 10.2 Å². The Hall–Kier alpha value is -3.32. The molecule has 0 aliphatic carbocycles. The van der Waals surface area contributed by atoms with Crippen LogP contribution in [0.4, 0.5) is 11.5 Å². The minimum absolute atomic E-state index is 0.0206. The Labute approximate surface area is 170 Å². The fourth-order valence-electron chi connectivity index (χ4n) is 3.53. The first-order valence-corrected chi connectivity index (χ1v) is 9.75. The number of hydrogen-bond acceptors (Lipinski definition) is 6. The van der Waals surface area contributed by atoms with Gasteiger partial charge in [-0.05, 0) is 36.2 Å². The Morgan fingerprint density at radius 2 is 1.90 bits per heavy atom. The third-order valence-electron chi connectivity index (χ3n) is 5.11. The zero-order chi connectivity index (χ0) is 20.1. The van der Waals surface area contributed by atoms with Gasteiger partial charge in [-0.2, -0.15) is 5.10 Å². The fraction of sp³-hybridized carbons (Fsp3) is 0.273. The molecule has 2 aromatic heterocycles. The van der Waals surface area contributed by atoms with Crippen molar-refractivity contribution in [2.75, 3.05) is 42.9 Å². The molecule has 0 saturated carbocycles. The summed E-state index contributed by atoms with van der Waals surface area (Å²) < 4.78 is 0. The molecule has 1 N–H and O–H groups in total. The largest absolute Gasteiger partial charge is 0.353 e. The number of carbonyl (C=O) groups is 1. The van der Waals surface area contributed by atoms with Crippen molar-refractivity contribution in [2.45, 2.75) is 6.92 Å². The normalized spacial score (nSPS) is 14.6. The number of anilines is 2. The smallest absolute Gasteiger partial charge is 0.238 e. The third kappa shape index (κ3) is 4.75. The molecule has 3 aromatic rings. The molecule has 0 unspecified atom stereocenters. The topological polar surface area (TPSA) is 74.2 Å². The third-order valence-corrected chi connectivity index (χ3v) is 5.11.